The van der Waals surface area contributed by atoms with Crippen molar-refractivity contribution < 1.29 is 19.4 Å². The molecule has 96 valence electrons. The van der Waals surface area contributed by atoms with E-state index in [1.807, 2.05) is 0 Å². The zero-order chi connectivity index (χ0) is 13.8. The van der Waals surface area contributed by atoms with Crippen LogP contribution < -0.4 is 0 Å². The molecule has 1 N–H and O–H groups in total. The van der Waals surface area contributed by atoms with Crippen molar-refractivity contribution in [1.29, 1.82) is 0 Å². The van der Waals surface area contributed by atoms with Gasteiger partial charge in [0.25, 0.3) is 0 Å². The minimum absolute atomic E-state index is 0.110. The summed E-state index contributed by atoms with van der Waals surface area (Å²) >= 11 is 0. The maximum atomic E-state index is 11.9. The molecule has 0 aromatic heterocycles. The first-order valence-electron chi connectivity index (χ1n) is 5.60. The van der Waals surface area contributed by atoms with Crippen LogP contribution in [0.4, 0.5) is 0 Å². The fourth-order valence-corrected chi connectivity index (χ4v) is 1.58. The first-order valence-corrected chi connectivity index (χ1v) is 5.60. The molecule has 1 unspecified atom stereocenters. The average Bonchev–Trinajstić information content (AvgIpc) is 2.38. The summed E-state index contributed by atoms with van der Waals surface area (Å²) in [5.74, 6) is -1.36. The fourth-order valence-electron chi connectivity index (χ4n) is 1.58. The van der Waals surface area contributed by atoms with E-state index < -0.39 is 17.4 Å². The molecule has 0 spiro atoms. The third-order valence-electron chi connectivity index (χ3n) is 2.62. The first-order chi connectivity index (χ1) is 8.44. The summed E-state index contributed by atoms with van der Waals surface area (Å²) in [5, 5.41) is 10.5. The lowest BCUT2D eigenvalue weighted by molar-refractivity contribution is -0.163. The number of benzene rings is 1. The summed E-state index contributed by atoms with van der Waals surface area (Å²) in [6.07, 6.45) is 0. The molecule has 18 heavy (non-hydrogen) atoms. The van der Waals surface area contributed by atoms with Gasteiger partial charge in [0, 0.05) is 5.57 Å². The summed E-state index contributed by atoms with van der Waals surface area (Å²) in [4.78, 5) is 23.3. The quantitative estimate of drug-likeness (QED) is 0.634. The minimum atomic E-state index is -2.12. The van der Waals surface area contributed by atoms with Crippen molar-refractivity contribution >= 4 is 11.8 Å². The highest BCUT2D eigenvalue weighted by Gasteiger charge is 2.44. The first kappa shape index (κ1) is 14.1. The predicted molar refractivity (Wildman–Crippen MR) is 66.8 cm³/mol. The van der Waals surface area contributed by atoms with Crippen LogP contribution in [0.15, 0.2) is 42.5 Å². The standard InChI is InChI=1S/C14H16O4/c1-4-18-13(16)14(17,10(2)11(3)15)12-8-6-5-7-9-12/h5-9,17H,2,4H2,1,3H3. The third kappa shape index (κ3) is 2.49. The van der Waals surface area contributed by atoms with Crippen LogP contribution in [-0.2, 0) is 19.9 Å². The van der Waals surface area contributed by atoms with Crippen LogP contribution in [0.25, 0.3) is 0 Å². The third-order valence-corrected chi connectivity index (χ3v) is 2.62. The number of Topliss-reactive ketones (excluding diaryl/α,β-unsaturated/α-hetero) is 1. The van der Waals surface area contributed by atoms with Crippen LogP contribution in [0.1, 0.15) is 19.4 Å². The molecule has 0 amide bonds. The second-order valence-corrected chi connectivity index (χ2v) is 3.83. The van der Waals surface area contributed by atoms with Crippen LogP contribution >= 0.6 is 0 Å². The molecule has 4 heteroatoms. The van der Waals surface area contributed by atoms with Gasteiger partial charge >= 0.3 is 5.97 Å². The monoisotopic (exact) mass is 248 g/mol. The lowest BCUT2D eigenvalue weighted by atomic mass is 9.85. The molecule has 0 saturated heterocycles. The molecule has 0 heterocycles. The molecule has 0 aliphatic heterocycles. The van der Waals surface area contributed by atoms with E-state index in [0.29, 0.717) is 0 Å². The number of aliphatic hydroxyl groups is 1. The molecule has 1 rings (SSSR count). The van der Waals surface area contributed by atoms with Gasteiger partial charge in [-0.2, -0.15) is 0 Å². The van der Waals surface area contributed by atoms with Crippen molar-refractivity contribution in [2.45, 2.75) is 19.4 Å². The Balaban J connectivity index is 3.30. The number of hydrogen-bond acceptors (Lipinski definition) is 4. The van der Waals surface area contributed by atoms with E-state index in [2.05, 4.69) is 6.58 Å². The Morgan fingerprint density at radius 3 is 2.33 bits per heavy atom. The van der Waals surface area contributed by atoms with Gasteiger partial charge in [0.1, 0.15) is 0 Å². The van der Waals surface area contributed by atoms with Gasteiger partial charge in [0.2, 0.25) is 5.60 Å². The molecular formula is C14H16O4. The Kier molecular flexibility index (Phi) is 4.39. The Labute approximate surface area is 106 Å². The van der Waals surface area contributed by atoms with Gasteiger partial charge in [-0.05, 0) is 19.4 Å². The molecular weight excluding hydrogens is 232 g/mol. The maximum absolute atomic E-state index is 11.9. The highest BCUT2D eigenvalue weighted by molar-refractivity contribution is 6.02. The minimum Gasteiger partial charge on any atom is -0.463 e. The Hall–Kier alpha value is -1.94. The van der Waals surface area contributed by atoms with Gasteiger partial charge in [-0.1, -0.05) is 36.9 Å². The van der Waals surface area contributed by atoms with E-state index >= 15 is 0 Å². The number of carbonyl (C=O) groups is 2. The summed E-state index contributed by atoms with van der Waals surface area (Å²) < 4.78 is 4.83. The van der Waals surface area contributed by atoms with E-state index in [-0.39, 0.29) is 17.7 Å². The van der Waals surface area contributed by atoms with Gasteiger partial charge in [-0.25, -0.2) is 4.79 Å². The van der Waals surface area contributed by atoms with E-state index in [4.69, 9.17) is 4.74 Å². The van der Waals surface area contributed by atoms with E-state index in [0.717, 1.165) is 0 Å². The summed E-state index contributed by atoms with van der Waals surface area (Å²) in [7, 11) is 0. The van der Waals surface area contributed by atoms with Crippen LogP contribution in [-0.4, -0.2) is 23.5 Å². The van der Waals surface area contributed by atoms with Crippen LogP contribution in [0.5, 0.6) is 0 Å². The predicted octanol–water partition coefficient (Wildman–Crippen LogP) is 1.58. The van der Waals surface area contributed by atoms with Crippen LogP contribution in [0.2, 0.25) is 0 Å². The van der Waals surface area contributed by atoms with Crippen molar-refractivity contribution in [3.63, 3.8) is 0 Å². The molecule has 0 fully saturated rings. The zero-order valence-electron chi connectivity index (χ0n) is 10.5. The Morgan fingerprint density at radius 1 is 1.33 bits per heavy atom. The Bertz CT molecular complexity index is 464. The van der Waals surface area contributed by atoms with Gasteiger partial charge in [-0.3, -0.25) is 4.79 Å². The average molecular weight is 248 g/mol. The largest absolute Gasteiger partial charge is 0.463 e. The van der Waals surface area contributed by atoms with Crippen LogP contribution in [0, 0.1) is 0 Å². The van der Waals surface area contributed by atoms with Crippen molar-refractivity contribution in [2.75, 3.05) is 6.61 Å². The lowest BCUT2D eigenvalue weighted by Gasteiger charge is -2.27. The highest BCUT2D eigenvalue weighted by atomic mass is 16.5. The molecule has 1 aromatic rings. The number of rotatable bonds is 5. The molecule has 1 atom stereocenters. The number of hydrogen-bond donors (Lipinski definition) is 1. The van der Waals surface area contributed by atoms with E-state index in [9.17, 15) is 14.7 Å². The molecule has 0 radical (unpaired) electrons. The summed E-state index contributed by atoms with van der Waals surface area (Å²) in [5.41, 5.74) is -2.06. The van der Waals surface area contributed by atoms with Gasteiger partial charge in [-0.15, -0.1) is 0 Å². The topological polar surface area (TPSA) is 63.6 Å². The number of esters is 1. The smallest absolute Gasteiger partial charge is 0.347 e. The normalized spacial score (nSPS) is 13.5. The SMILES string of the molecule is C=C(C(C)=O)C(O)(C(=O)OCC)c1ccccc1. The maximum Gasteiger partial charge on any atom is 0.347 e. The molecule has 0 aliphatic rings. The van der Waals surface area contributed by atoms with Gasteiger partial charge in [0.15, 0.2) is 5.78 Å². The van der Waals surface area contributed by atoms with Crippen molar-refractivity contribution in [3.05, 3.63) is 48.0 Å². The van der Waals surface area contributed by atoms with Gasteiger partial charge in [0.05, 0.1) is 6.61 Å². The second kappa shape index (κ2) is 5.60. The molecule has 0 bridgehead atoms. The molecule has 4 nitrogen and oxygen atoms in total. The van der Waals surface area contributed by atoms with E-state index in [1.54, 1.807) is 37.3 Å². The molecule has 1 aromatic carbocycles. The number of ketones is 1. The van der Waals surface area contributed by atoms with Crippen molar-refractivity contribution in [3.8, 4) is 0 Å². The lowest BCUT2D eigenvalue weighted by Crippen LogP contribution is -2.41. The summed E-state index contributed by atoms with van der Waals surface area (Å²) in [6, 6.07) is 8.15. The second-order valence-electron chi connectivity index (χ2n) is 3.83. The highest BCUT2D eigenvalue weighted by Crippen LogP contribution is 2.30. The van der Waals surface area contributed by atoms with E-state index in [1.165, 1.54) is 6.92 Å². The number of ether oxygens (including phenoxy) is 1. The summed E-state index contributed by atoms with van der Waals surface area (Å²) in [6.45, 7) is 6.49. The van der Waals surface area contributed by atoms with Crippen LogP contribution in [0.3, 0.4) is 0 Å². The molecule has 0 saturated carbocycles. The van der Waals surface area contributed by atoms with Crippen molar-refractivity contribution in [1.82, 2.24) is 0 Å². The van der Waals surface area contributed by atoms with Crippen molar-refractivity contribution in [2.24, 2.45) is 0 Å². The van der Waals surface area contributed by atoms with Gasteiger partial charge < -0.3 is 9.84 Å². The molecule has 0 aliphatic carbocycles. The zero-order valence-corrected chi connectivity index (χ0v) is 10.5. The fraction of sp³-hybridized carbons (Fsp3) is 0.286. The number of carbonyl (C=O) groups excluding carboxylic acids is 2. The Morgan fingerprint density at radius 2 is 1.89 bits per heavy atom.